The van der Waals surface area contributed by atoms with Crippen molar-refractivity contribution in [2.75, 3.05) is 25.9 Å². The third-order valence-corrected chi connectivity index (χ3v) is 6.36. The largest absolute Gasteiger partial charge is 0.497 e. The fourth-order valence-electron chi connectivity index (χ4n) is 4.43. The van der Waals surface area contributed by atoms with Gasteiger partial charge in [0.25, 0.3) is 0 Å². The van der Waals surface area contributed by atoms with Crippen LogP contribution in [0, 0.1) is 0 Å². The van der Waals surface area contributed by atoms with E-state index in [1.165, 1.54) is 11.1 Å². The van der Waals surface area contributed by atoms with Crippen LogP contribution in [-0.4, -0.2) is 34.6 Å². The van der Waals surface area contributed by atoms with E-state index in [1.54, 1.807) is 7.11 Å². The number of nitrogens with one attached hydrogen (secondary N) is 2. The number of nitrogen functional groups attached to an aromatic ring is 1. The molecule has 3 heterocycles. The van der Waals surface area contributed by atoms with Gasteiger partial charge in [-0.3, -0.25) is 4.40 Å². The summed E-state index contributed by atoms with van der Waals surface area (Å²) in [6, 6.07) is 16.7. The average molecular weight is 443 g/mol. The second-order valence-corrected chi connectivity index (χ2v) is 8.56. The smallest absolute Gasteiger partial charge is 0.180 e. The van der Waals surface area contributed by atoms with Crippen molar-refractivity contribution in [1.29, 1.82) is 0 Å². The maximum atomic E-state index is 6.17. The van der Waals surface area contributed by atoms with Gasteiger partial charge in [-0.2, -0.15) is 0 Å². The standard InChI is InChI=1S/C26H30N6O/c1-33-22-8-4-19(5-9-22)15-29-14-18-2-6-21(7-3-18)24-16-30-25(27)26-31-23(17-32(24)26)20-10-12-28-13-11-20/h2-9,16-17,20,28-29H,10-15H2,1H3,(H2,27,30). The van der Waals surface area contributed by atoms with Gasteiger partial charge in [-0.15, -0.1) is 0 Å². The highest BCUT2D eigenvalue weighted by Crippen LogP contribution is 2.29. The SMILES string of the molecule is COc1ccc(CNCc2ccc(-c3cnc(N)c4nc(C5CCNCC5)cn34)cc2)cc1. The number of nitrogens with zero attached hydrogens (tertiary/aromatic N) is 3. The van der Waals surface area contributed by atoms with Crippen molar-refractivity contribution in [1.82, 2.24) is 25.0 Å². The number of ether oxygens (including phenoxy) is 1. The first-order valence-corrected chi connectivity index (χ1v) is 11.5. The van der Waals surface area contributed by atoms with Gasteiger partial charge >= 0.3 is 0 Å². The van der Waals surface area contributed by atoms with Gasteiger partial charge in [0.1, 0.15) is 5.75 Å². The zero-order valence-electron chi connectivity index (χ0n) is 18.9. The molecule has 4 aromatic rings. The molecule has 5 rings (SSSR count). The minimum atomic E-state index is 0.470. The molecule has 0 atom stereocenters. The molecule has 0 bridgehead atoms. The summed E-state index contributed by atoms with van der Waals surface area (Å²) in [7, 11) is 1.68. The molecular weight excluding hydrogens is 412 g/mol. The Morgan fingerprint density at radius 1 is 1.03 bits per heavy atom. The Morgan fingerprint density at radius 3 is 2.36 bits per heavy atom. The van der Waals surface area contributed by atoms with Crippen molar-refractivity contribution in [3.63, 3.8) is 0 Å². The third-order valence-electron chi connectivity index (χ3n) is 6.36. The quantitative estimate of drug-likeness (QED) is 0.404. The molecule has 0 unspecified atom stereocenters. The number of benzene rings is 2. The Hall–Kier alpha value is -3.42. The van der Waals surface area contributed by atoms with E-state index in [0.29, 0.717) is 11.7 Å². The van der Waals surface area contributed by atoms with E-state index in [1.807, 2.05) is 18.3 Å². The number of anilines is 1. The zero-order chi connectivity index (χ0) is 22.6. The van der Waals surface area contributed by atoms with E-state index in [4.69, 9.17) is 15.5 Å². The molecule has 33 heavy (non-hydrogen) atoms. The summed E-state index contributed by atoms with van der Waals surface area (Å²) in [4.78, 5) is 9.27. The van der Waals surface area contributed by atoms with Crippen molar-refractivity contribution in [3.8, 4) is 17.0 Å². The lowest BCUT2D eigenvalue weighted by Crippen LogP contribution is -2.26. The molecule has 0 amide bonds. The summed E-state index contributed by atoms with van der Waals surface area (Å²) in [6.45, 7) is 3.68. The van der Waals surface area contributed by atoms with Crippen molar-refractivity contribution in [3.05, 3.63) is 77.7 Å². The minimum absolute atomic E-state index is 0.470. The molecule has 0 spiro atoms. The predicted molar refractivity (Wildman–Crippen MR) is 131 cm³/mol. The molecule has 2 aromatic heterocycles. The van der Waals surface area contributed by atoms with E-state index >= 15 is 0 Å². The van der Waals surface area contributed by atoms with Gasteiger partial charge in [0.2, 0.25) is 0 Å². The number of piperidine rings is 1. The maximum absolute atomic E-state index is 6.17. The molecule has 0 saturated carbocycles. The van der Waals surface area contributed by atoms with Crippen LogP contribution in [0.4, 0.5) is 5.82 Å². The van der Waals surface area contributed by atoms with E-state index in [9.17, 15) is 0 Å². The summed E-state index contributed by atoms with van der Waals surface area (Å²) in [5, 5.41) is 6.92. The van der Waals surface area contributed by atoms with Gasteiger partial charge in [0.05, 0.1) is 24.7 Å². The first-order valence-electron chi connectivity index (χ1n) is 11.5. The summed E-state index contributed by atoms with van der Waals surface area (Å²) >= 11 is 0. The van der Waals surface area contributed by atoms with Crippen LogP contribution in [0.1, 0.15) is 35.6 Å². The lowest BCUT2D eigenvalue weighted by atomic mass is 9.95. The highest BCUT2D eigenvalue weighted by Gasteiger charge is 2.20. The van der Waals surface area contributed by atoms with Gasteiger partial charge in [0, 0.05) is 30.8 Å². The summed E-state index contributed by atoms with van der Waals surface area (Å²) in [6.07, 6.45) is 6.19. The van der Waals surface area contributed by atoms with Crippen LogP contribution in [0.15, 0.2) is 60.9 Å². The van der Waals surface area contributed by atoms with Gasteiger partial charge < -0.3 is 21.1 Å². The Labute approximate surface area is 194 Å². The molecule has 1 aliphatic heterocycles. The first-order chi connectivity index (χ1) is 16.2. The topological polar surface area (TPSA) is 89.5 Å². The monoisotopic (exact) mass is 442 g/mol. The highest BCUT2D eigenvalue weighted by atomic mass is 16.5. The molecule has 1 fully saturated rings. The third kappa shape index (κ3) is 4.69. The molecular formula is C26H30N6O. The number of rotatable bonds is 7. The summed E-state index contributed by atoms with van der Waals surface area (Å²) < 4.78 is 7.31. The van der Waals surface area contributed by atoms with Crippen molar-refractivity contribution >= 4 is 11.5 Å². The lowest BCUT2D eigenvalue weighted by Gasteiger charge is -2.20. The Kier molecular flexibility index (Phi) is 6.24. The van der Waals surface area contributed by atoms with E-state index in [2.05, 4.69) is 62.6 Å². The van der Waals surface area contributed by atoms with Crippen LogP contribution < -0.4 is 21.1 Å². The second-order valence-electron chi connectivity index (χ2n) is 8.56. The molecule has 7 nitrogen and oxygen atoms in total. The van der Waals surface area contributed by atoms with Crippen molar-refractivity contribution in [2.45, 2.75) is 31.8 Å². The maximum Gasteiger partial charge on any atom is 0.180 e. The number of aromatic nitrogens is 3. The number of fused-ring (bicyclic) bond motifs is 1. The zero-order valence-corrected chi connectivity index (χ0v) is 18.9. The van der Waals surface area contributed by atoms with E-state index < -0.39 is 0 Å². The van der Waals surface area contributed by atoms with Gasteiger partial charge in [-0.05, 0) is 49.2 Å². The van der Waals surface area contributed by atoms with E-state index in [0.717, 1.165) is 67.4 Å². The van der Waals surface area contributed by atoms with Gasteiger partial charge in [-0.1, -0.05) is 36.4 Å². The summed E-state index contributed by atoms with van der Waals surface area (Å²) in [5.41, 5.74) is 12.6. The van der Waals surface area contributed by atoms with Crippen LogP contribution in [0.5, 0.6) is 5.75 Å². The molecule has 2 aromatic carbocycles. The van der Waals surface area contributed by atoms with Crippen LogP contribution in [0.3, 0.4) is 0 Å². The lowest BCUT2D eigenvalue weighted by molar-refractivity contribution is 0.414. The van der Waals surface area contributed by atoms with Gasteiger partial charge in [0.15, 0.2) is 11.5 Å². The Morgan fingerprint density at radius 2 is 1.70 bits per heavy atom. The molecule has 1 aliphatic rings. The molecule has 0 radical (unpaired) electrons. The number of nitrogens with two attached hydrogens (primary N) is 1. The molecule has 4 N–H and O–H groups in total. The number of methoxy groups -OCH3 is 1. The molecule has 7 heteroatoms. The Bertz CT molecular complexity index is 1210. The van der Waals surface area contributed by atoms with Crippen LogP contribution >= 0.6 is 0 Å². The van der Waals surface area contributed by atoms with Crippen LogP contribution in [-0.2, 0) is 13.1 Å². The Balaban J connectivity index is 1.30. The summed E-state index contributed by atoms with van der Waals surface area (Å²) in [5.74, 6) is 1.82. The second kappa shape index (κ2) is 9.60. The number of hydrogen-bond acceptors (Lipinski definition) is 6. The number of hydrogen-bond donors (Lipinski definition) is 3. The fourth-order valence-corrected chi connectivity index (χ4v) is 4.43. The average Bonchev–Trinajstić information content (AvgIpc) is 3.32. The first kappa shape index (κ1) is 21.4. The number of imidazole rings is 1. The van der Waals surface area contributed by atoms with Crippen molar-refractivity contribution < 1.29 is 4.74 Å². The molecule has 1 saturated heterocycles. The van der Waals surface area contributed by atoms with E-state index in [-0.39, 0.29) is 0 Å². The highest BCUT2D eigenvalue weighted by molar-refractivity contribution is 5.69. The van der Waals surface area contributed by atoms with Crippen LogP contribution in [0.25, 0.3) is 16.9 Å². The molecule has 170 valence electrons. The minimum Gasteiger partial charge on any atom is -0.497 e. The van der Waals surface area contributed by atoms with Crippen LogP contribution in [0.2, 0.25) is 0 Å². The molecule has 0 aliphatic carbocycles. The van der Waals surface area contributed by atoms with Gasteiger partial charge in [-0.25, -0.2) is 9.97 Å². The fraction of sp³-hybridized carbons (Fsp3) is 0.308. The normalized spacial score (nSPS) is 14.6. The predicted octanol–water partition coefficient (Wildman–Crippen LogP) is 3.74. The van der Waals surface area contributed by atoms with Crippen molar-refractivity contribution in [2.24, 2.45) is 0 Å².